The Morgan fingerprint density at radius 3 is 1.51 bits per heavy atom. The third kappa shape index (κ3) is 30.1. The van der Waals surface area contributed by atoms with Gasteiger partial charge in [-0.2, -0.15) is 0 Å². The molecule has 1 amide bonds. The molecule has 0 aliphatic heterocycles. The van der Waals surface area contributed by atoms with Crippen LogP contribution < -0.4 is 0 Å². The normalized spacial score (nSPS) is 14.0. The van der Waals surface area contributed by atoms with Crippen LogP contribution in [0.1, 0.15) is 195 Å². The highest BCUT2D eigenvalue weighted by atomic mass is 31.1. The van der Waals surface area contributed by atoms with Crippen LogP contribution in [0.3, 0.4) is 0 Å². The number of carbonyl (C=O) groups excluding carboxylic acids is 1. The van der Waals surface area contributed by atoms with Gasteiger partial charge in [0.05, 0.1) is 6.54 Å². The van der Waals surface area contributed by atoms with Crippen molar-refractivity contribution in [1.29, 1.82) is 0 Å². The molecule has 0 aliphatic rings. The van der Waals surface area contributed by atoms with Gasteiger partial charge in [-0.25, -0.2) is 0 Å². The number of aliphatic hydroxyl groups excluding tert-OH is 1. The molecule has 0 aromatic rings. The van der Waals surface area contributed by atoms with Crippen molar-refractivity contribution in [3.05, 3.63) is 0 Å². The minimum atomic E-state index is -1.47. The van der Waals surface area contributed by atoms with Gasteiger partial charge in [-0.1, -0.05) is 174 Å². The summed E-state index contributed by atoms with van der Waals surface area (Å²) in [4.78, 5) is 17.8. The van der Waals surface area contributed by atoms with Gasteiger partial charge in [0.25, 0.3) is 0 Å². The first-order valence-electron chi connectivity index (χ1n) is 20.8. The van der Waals surface area contributed by atoms with Gasteiger partial charge in [-0.05, 0) is 45.2 Å². The second-order valence-electron chi connectivity index (χ2n) is 15.2. The van der Waals surface area contributed by atoms with E-state index in [2.05, 4.69) is 27.7 Å². The molecule has 0 rings (SSSR count). The summed E-state index contributed by atoms with van der Waals surface area (Å²) in [7, 11) is 2.51. The molecule has 0 aliphatic carbocycles. The van der Waals surface area contributed by atoms with Gasteiger partial charge in [-0.3, -0.25) is 4.79 Å². The number of unbranched alkanes of at least 4 members (excludes halogenated alkanes) is 15. The summed E-state index contributed by atoms with van der Waals surface area (Å²) in [6.45, 7) is 11.0. The molecule has 0 bridgehead atoms. The first kappa shape index (κ1) is 46.5. The molecular weight excluding hydrogens is 599 g/mol. The van der Waals surface area contributed by atoms with Crippen molar-refractivity contribution in [1.82, 2.24) is 9.80 Å². The van der Waals surface area contributed by atoms with Crippen molar-refractivity contribution in [3.63, 3.8) is 0 Å². The van der Waals surface area contributed by atoms with E-state index < -0.39 is 13.9 Å². The fourth-order valence-electron chi connectivity index (χ4n) is 6.95. The minimum absolute atomic E-state index is 0.204. The van der Waals surface area contributed by atoms with E-state index in [4.69, 9.17) is 0 Å². The lowest BCUT2D eigenvalue weighted by Gasteiger charge is -2.29. The molecule has 0 aromatic heterocycles. The third-order valence-corrected chi connectivity index (χ3v) is 11.6. The number of hydrogen-bond donors (Lipinski definition) is 1. The predicted octanol–water partition coefficient (Wildman–Crippen LogP) is 12.0. The quantitative estimate of drug-likeness (QED) is 0.0527. The van der Waals surface area contributed by atoms with Gasteiger partial charge >= 0.3 is 7.80 Å². The molecule has 47 heavy (non-hydrogen) atoms. The summed E-state index contributed by atoms with van der Waals surface area (Å²) in [5, 5.41) is 11.0. The van der Waals surface area contributed by atoms with Crippen LogP contribution in [0.5, 0.6) is 0 Å². The molecular formula is C41H84N2O3P+. The Morgan fingerprint density at radius 1 is 0.574 bits per heavy atom. The first-order chi connectivity index (χ1) is 22.8. The SMILES string of the molecule is CCCCCCCCC(CCCC)CCCCC(=O)N(CC(O)C[P+](=O)CCN(C)C)CC(CCCCCC)CCCCCCCC. The second-order valence-corrected chi connectivity index (χ2v) is 17.0. The van der Waals surface area contributed by atoms with Crippen LogP contribution in [-0.4, -0.2) is 73.0 Å². The Kier molecular flexibility index (Phi) is 33.6. The monoisotopic (exact) mass is 684 g/mol. The standard InChI is InChI=1S/C41H84N2O3P/c1-7-11-15-18-20-23-28-38(27-14-10-4)29-25-26-32-41(45)43(36-40(44)37-47(46)34-33-42(5)6)35-39(30-22-17-13-9-3)31-24-21-19-16-12-8-2/h38-40,44H,7-37H2,1-6H3/q+1. The van der Waals surface area contributed by atoms with E-state index in [9.17, 15) is 14.5 Å². The maximum Gasteiger partial charge on any atom is 0.342 e. The van der Waals surface area contributed by atoms with Crippen LogP contribution in [0, 0.1) is 11.8 Å². The second kappa shape index (κ2) is 34.0. The third-order valence-electron chi connectivity index (χ3n) is 10.1. The Morgan fingerprint density at radius 2 is 1.00 bits per heavy atom. The van der Waals surface area contributed by atoms with Crippen molar-refractivity contribution in [2.24, 2.45) is 11.8 Å². The van der Waals surface area contributed by atoms with E-state index in [1.807, 2.05) is 23.9 Å². The largest absolute Gasteiger partial charge is 0.387 e. The molecule has 280 valence electrons. The lowest BCUT2D eigenvalue weighted by molar-refractivity contribution is -0.133. The molecule has 5 nitrogen and oxygen atoms in total. The van der Waals surface area contributed by atoms with Crippen LogP contribution >= 0.6 is 7.80 Å². The first-order valence-corrected chi connectivity index (χ1v) is 22.4. The molecule has 1 N–H and O–H groups in total. The van der Waals surface area contributed by atoms with Crippen molar-refractivity contribution in [2.75, 3.05) is 46.1 Å². The number of aliphatic hydroxyl groups is 1. The number of rotatable bonds is 36. The molecule has 0 saturated heterocycles. The Bertz CT molecular complexity index is 704. The average Bonchev–Trinajstić information content (AvgIpc) is 3.04. The molecule has 0 aromatic carbocycles. The molecule has 4 atom stereocenters. The van der Waals surface area contributed by atoms with Crippen LogP contribution in [0.2, 0.25) is 0 Å². The molecule has 0 saturated carbocycles. The van der Waals surface area contributed by atoms with Crippen LogP contribution in [-0.2, 0) is 9.36 Å². The molecule has 0 fully saturated rings. The van der Waals surface area contributed by atoms with Gasteiger partial charge in [0.2, 0.25) is 5.91 Å². The Hall–Kier alpha value is -0.510. The highest BCUT2D eigenvalue weighted by Gasteiger charge is 2.27. The Labute approximate surface area is 296 Å². The highest BCUT2D eigenvalue weighted by Crippen LogP contribution is 2.26. The fraction of sp³-hybridized carbons (Fsp3) is 0.976. The van der Waals surface area contributed by atoms with Gasteiger partial charge in [-0.15, -0.1) is 0 Å². The van der Waals surface area contributed by atoms with E-state index >= 15 is 0 Å². The number of hydrogen-bond acceptors (Lipinski definition) is 4. The summed E-state index contributed by atoms with van der Waals surface area (Å²) in [6, 6.07) is 0. The lowest BCUT2D eigenvalue weighted by Crippen LogP contribution is -2.41. The van der Waals surface area contributed by atoms with Gasteiger partial charge < -0.3 is 14.9 Å². The van der Waals surface area contributed by atoms with Crippen LogP contribution in [0.25, 0.3) is 0 Å². The number of carbonyl (C=O) groups is 1. The zero-order valence-corrected chi connectivity index (χ0v) is 33.7. The van der Waals surface area contributed by atoms with Crippen molar-refractivity contribution >= 4 is 13.7 Å². The summed E-state index contributed by atoms with van der Waals surface area (Å²) in [6.07, 6.45) is 32.7. The maximum atomic E-state index is 13.8. The van der Waals surface area contributed by atoms with E-state index in [-0.39, 0.29) is 5.91 Å². The number of amides is 1. The van der Waals surface area contributed by atoms with Crippen LogP contribution in [0.15, 0.2) is 0 Å². The van der Waals surface area contributed by atoms with Gasteiger partial charge in [0, 0.05) is 19.5 Å². The van der Waals surface area contributed by atoms with Gasteiger partial charge in [0.15, 0.2) is 12.3 Å². The average molecular weight is 684 g/mol. The zero-order chi connectivity index (χ0) is 35.0. The molecule has 0 radical (unpaired) electrons. The lowest BCUT2D eigenvalue weighted by atomic mass is 9.90. The van der Waals surface area contributed by atoms with E-state index in [0.29, 0.717) is 31.2 Å². The highest BCUT2D eigenvalue weighted by molar-refractivity contribution is 7.44. The van der Waals surface area contributed by atoms with Gasteiger partial charge in [0.1, 0.15) is 6.10 Å². The predicted molar refractivity (Wildman–Crippen MR) is 208 cm³/mol. The zero-order valence-electron chi connectivity index (χ0n) is 32.8. The molecule has 6 heteroatoms. The van der Waals surface area contributed by atoms with Crippen molar-refractivity contribution in [2.45, 2.75) is 201 Å². The van der Waals surface area contributed by atoms with Crippen molar-refractivity contribution < 1.29 is 14.5 Å². The Balaban J connectivity index is 5.26. The van der Waals surface area contributed by atoms with E-state index in [1.165, 1.54) is 148 Å². The maximum absolute atomic E-state index is 13.8. The molecule has 4 unspecified atom stereocenters. The minimum Gasteiger partial charge on any atom is -0.387 e. The number of nitrogens with zero attached hydrogens (tertiary/aromatic N) is 2. The molecule has 0 spiro atoms. The smallest absolute Gasteiger partial charge is 0.342 e. The summed E-state index contributed by atoms with van der Waals surface area (Å²) in [5.74, 6) is 1.50. The summed E-state index contributed by atoms with van der Waals surface area (Å²) in [5.41, 5.74) is 0. The topological polar surface area (TPSA) is 60.9 Å². The van der Waals surface area contributed by atoms with Crippen molar-refractivity contribution in [3.8, 4) is 0 Å². The van der Waals surface area contributed by atoms with Crippen LogP contribution in [0.4, 0.5) is 0 Å². The summed E-state index contributed by atoms with van der Waals surface area (Å²) >= 11 is 0. The summed E-state index contributed by atoms with van der Waals surface area (Å²) < 4.78 is 12.7. The van der Waals surface area contributed by atoms with E-state index in [0.717, 1.165) is 31.8 Å². The fourth-order valence-corrected chi connectivity index (χ4v) is 8.34. The molecule has 0 heterocycles. The van der Waals surface area contributed by atoms with E-state index in [1.54, 1.807) is 0 Å².